The van der Waals surface area contributed by atoms with Crippen LogP contribution in [0.4, 0.5) is 10.8 Å². The molecule has 0 spiro atoms. The van der Waals surface area contributed by atoms with Gasteiger partial charge in [-0.2, -0.15) is 0 Å². The normalized spacial score (nSPS) is 10.5. The van der Waals surface area contributed by atoms with Gasteiger partial charge < -0.3 is 24.4 Å². The number of amides is 1. The van der Waals surface area contributed by atoms with Crippen molar-refractivity contribution in [3.63, 3.8) is 0 Å². The number of carbonyl (C=O) groups is 1. The first-order chi connectivity index (χ1) is 15.1. The molecule has 0 unspecified atom stereocenters. The van der Waals surface area contributed by atoms with Crippen LogP contribution in [0.15, 0.2) is 47.8 Å². The van der Waals surface area contributed by atoms with Crippen molar-refractivity contribution < 1.29 is 19.0 Å². The maximum Gasteiger partial charge on any atom is 0.273 e. The van der Waals surface area contributed by atoms with Crippen LogP contribution in [0.25, 0.3) is 0 Å². The molecule has 1 N–H and O–H groups in total. The van der Waals surface area contributed by atoms with Crippen molar-refractivity contribution in [3.05, 3.63) is 59.1 Å². The Morgan fingerprint density at radius 1 is 1.06 bits per heavy atom. The number of carbonyl (C=O) groups excluding carboxylic acids is 1. The van der Waals surface area contributed by atoms with E-state index >= 15 is 0 Å². The van der Waals surface area contributed by atoms with Crippen molar-refractivity contribution in [2.75, 3.05) is 32.7 Å². The second-order valence-corrected chi connectivity index (χ2v) is 7.49. The molecule has 164 valence electrons. The third-order valence-electron chi connectivity index (χ3n) is 4.63. The maximum atomic E-state index is 13.0. The lowest BCUT2D eigenvalue weighted by Crippen LogP contribution is -2.30. The summed E-state index contributed by atoms with van der Waals surface area (Å²) in [7, 11) is 3.24. The minimum Gasteiger partial charge on any atom is -0.497 e. The molecule has 1 aromatic heterocycles. The molecule has 0 aliphatic heterocycles. The fraction of sp³-hybridized carbons (Fsp3) is 0.304. The summed E-state index contributed by atoms with van der Waals surface area (Å²) in [6.45, 7) is 5.46. The first-order valence-corrected chi connectivity index (χ1v) is 10.9. The summed E-state index contributed by atoms with van der Waals surface area (Å²) in [5.74, 6) is 2.01. The molecule has 31 heavy (non-hydrogen) atoms. The van der Waals surface area contributed by atoms with Gasteiger partial charge in [-0.3, -0.25) is 4.79 Å². The van der Waals surface area contributed by atoms with Crippen LogP contribution in [0.1, 0.15) is 29.9 Å². The number of nitrogens with zero attached hydrogens (tertiary/aromatic N) is 2. The molecular formula is C23H27N3O4S. The first-order valence-electron chi connectivity index (χ1n) is 10.0. The van der Waals surface area contributed by atoms with Gasteiger partial charge in [0.15, 0.2) is 16.6 Å². The molecule has 8 heteroatoms. The van der Waals surface area contributed by atoms with Gasteiger partial charge in [0, 0.05) is 24.2 Å². The Labute approximate surface area is 186 Å². The predicted molar refractivity (Wildman–Crippen MR) is 123 cm³/mol. The maximum absolute atomic E-state index is 13.0. The monoisotopic (exact) mass is 441 g/mol. The van der Waals surface area contributed by atoms with Crippen molar-refractivity contribution in [1.82, 2.24) is 9.88 Å². The van der Waals surface area contributed by atoms with Crippen molar-refractivity contribution in [1.29, 1.82) is 0 Å². The van der Waals surface area contributed by atoms with Crippen LogP contribution in [-0.2, 0) is 6.54 Å². The van der Waals surface area contributed by atoms with Crippen molar-refractivity contribution in [2.24, 2.45) is 0 Å². The van der Waals surface area contributed by atoms with Crippen LogP contribution < -0.4 is 19.5 Å². The highest BCUT2D eigenvalue weighted by atomic mass is 32.1. The van der Waals surface area contributed by atoms with E-state index in [0.717, 1.165) is 17.0 Å². The number of anilines is 2. The van der Waals surface area contributed by atoms with Crippen LogP contribution in [0.5, 0.6) is 17.2 Å². The van der Waals surface area contributed by atoms with E-state index in [9.17, 15) is 4.79 Å². The Morgan fingerprint density at radius 2 is 1.84 bits per heavy atom. The molecule has 0 aliphatic rings. The van der Waals surface area contributed by atoms with Crippen LogP contribution in [0.2, 0.25) is 0 Å². The van der Waals surface area contributed by atoms with Gasteiger partial charge in [-0.05, 0) is 55.8 Å². The molecule has 0 fully saturated rings. The van der Waals surface area contributed by atoms with E-state index < -0.39 is 0 Å². The highest BCUT2D eigenvalue weighted by Gasteiger charge is 2.19. The largest absolute Gasteiger partial charge is 0.497 e. The van der Waals surface area contributed by atoms with E-state index in [4.69, 9.17) is 14.2 Å². The van der Waals surface area contributed by atoms with E-state index in [1.165, 1.54) is 11.3 Å². The summed E-state index contributed by atoms with van der Waals surface area (Å²) in [4.78, 5) is 19.2. The Morgan fingerprint density at radius 3 is 2.48 bits per heavy atom. The third-order valence-corrected chi connectivity index (χ3v) is 5.39. The molecular weight excluding hydrogens is 414 g/mol. The summed E-state index contributed by atoms with van der Waals surface area (Å²) in [6.07, 6.45) is 0. The zero-order valence-corrected chi connectivity index (χ0v) is 19.0. The number of hydrogen-bond donors (Lipinski definition) is 1. The second kappa shape index (κ2) is 10.7. The number of ether oxygens (including phenoxy) is 3. The Hall–Kier alpha value is -3.26. The first kappa shape index (κ1) is 22.4. The Balaban J connectivity index is 1.69. The fourth-order valence-electron chi connectivity index (χ4n) is 3.02. The SMILES string of the molecule is CCOc1ccc(CN(CC)C(=O)c2csc(Nc3ccc(OC)cc3)n2)cc1OC. The van der Waals surface area contributed by atoms with Crippen LogP contribution >= 0.6 is 11.3 Å². The summed E-state index contributed by atoms with van der Waals surface area (Å²) in [6, 6.07) is 13.3. The zero-order chi connectivity index (χ0) is 22.2. The molecule has 0 radical (unpaired) electrons. The van der Waals surface area contributed by atoms with Crippen LogP contribution in [0, 0.1) is 0 Å². The summed E-state index contributed by atoms with van der Waals surface area (Å²) in [5.41, 5.74) is 2.26. The lowest BCUT2D eigenvalue weighted by atomic mass is 10.2. The zero-order valence-electron chi connectivity index (χ0n) is 18.2. The molecule has 0 bridgehead atoms. The lowest BCUT2D eigenvalue weighted by Gasteiger charge is -2.20. The third kappa shape index (κ3) is 5.67. The predicted octanol–water partition coefficient (Wildman–Crippen LogP) is 4.96. The van der Waals surface area contributed by atoms with Gasteiger partial charge in [-0.1, -0.05) is 6.07 Å². The number of aromatic nitrogens is 1. The number of nitrogens with one attached hydrogen (secondary N) is 1. The van der Waals surface area contributed by atoms with E-state index in [-0.39, 0.29) is 5.91 Å². The van der Waals surface area contributed by atoms with Gasteiger partial charge >= 0.3 is 0 Å². The number of hydrogen-bond acceptors (Lipinski definition) is 7. The van der Waals surface area contributed by atoms with E-state index in [1.807, 2.05) is 56.3 Å². The molecule has 7 nitrogen and oxygen atoms in total. The lowest BCUT2D eigenvalue weighted by molar-refractivity contribution is 0.0747. The van der Waals surface area contributed by atoms with E-state index in [2.05, 4.69) is 10.3 Å². The van der Waals surface area contributed by atoms with Gasteiger partial charge in [-0.15, -0.1) is 11.3 Å². The molecule has 0 saturated carbocycles. The minimum absolute atomic E-state index is 0.116. The van der Waals surface area contributed by atoms with Crippen LogP contribution in [-0.4, -0.2) is 43.2 Å². The van der Waals surface area contributed by atoms with Gasteiger partial charge in [-0.25, -0.2) is 4.98 Å². The standard InChI is InChI=1S/C23H27N3O4S/c1-5-26(14-16-7-12-20(30-6-2)21(13-16)29-4)22(27)19-15-31-23(25-19)24-17-8-10-18(28-3)11-9-17/h7-13,15H,5-6,14H2,1-4H3,(H,24,25). The molecule has 0 saturated heterocycles. The van der Waals surface area contributed by atoms with E-state index in [0.29, 0.717) is 42.0 Å². The molecule has 1 heterocycles. The molecule has 0 atom stereocenters. The van der Waals surface area contributed by atoms with E-state index in [1.54, 1.807) is 24.5 Å². The number of rotatable bonds is 10. The van der Waals surface area contributed by atoms with Crippen molar-refractivity contribution in [2.45, 2.75) is 20.4 Å². The smallest absolute Gasteiger partial charge is 0.273 e. The molecule has 2 aromatic carbocycles. The Bertz CT molecular complexity index is 1000. The van der Waals surface area contributed by atoms with Gasteiger partial charge in [0.2, 0.25) is 0 Å². The number of thiazole rings is 1. The van der Waals surface area contributed by atoms with Crippen molar-refractivity contribution >= 4 is 28.1 Å². The van der Waals surface area contributed by atoms with Gasteiger partial charge in [0.05, 0.1) is 20.8 Å². The number of methoxy groups -OCH3 is 2. The molecule has 3 aromatic rings. The summed E-state index contributed by atoms with van der Waals surface area (Å²) in [5, 5.41) is 5.65. The van der Waals surface area contributed by atoms with Gasteiger partial charge in [0.1, 0.15) is 11.4 Å². The second-order valence-electron chi connectivity index (χ2n) is 6.63. The quantitative estimate of drug-likeness (QED) is 0.479. The fourth-order valence-corrected chi connectivity index (χ4v) is 3.73. The summed E-state index contributed by atoms with van der Waals surface area (Å²) >= 11 is 1.39. The van der Waals surface area contributed by atoms with Gasteiger partial charge in [0.25, 0.3) is 5.91 Å². The minimum atomic E-state index is -0.116. The number of benzene rings is 2. The average molecular weight is 442 g/mol. The Kier molecular flexibility index (Phi) is 7.72. The van der Waals surface area contributed by atoms with Crippen molar-refractivity contribution in [3.8, 4) is 17.2 Å². The average Bonchev–Trinajstić information content (AvgIpc) is 3.27. The molecule has 3 rings (SSSR count). The highest BCUT2D eigenvalue weighted by molar-refractivity contribution is 7.14. The topological polar surface area (TPSA) is 72.9 Å². The highest BCUT2D eigenvalue weighted by Crippen LogP contribution is 2.29. The molecule has 0 aliphatic carbocycles. The van der Waals surface area contributed by atoms with Crippen LogP contribution in [0.3, 0.4) is 0 Å². The summed E-state index contributed by atoms with van der Waals surface area (Å²) < 4.78 is 16.2. The molecule has 1 amide bonds.